The number of halogens is 2. The predicted octanol–water partition coefficient (Wildman–Crippen LogP) is 6.29. The summed E-state index contributed by atoms with van der Waals surface area (Å²) in [6.45, 7) is 5.96. The van der Waals surface area contributed by atoms with Crippen molar-refractivity contribution in [3.05, 3.63) is 84.8 Å². The van der Waals surface area contributed by atoms with E-state index in [0.717, 1.165) is 59.3 Å². The fourth-order valence-corrected chi connectivity index (χ4v) is 4.24. The molecule has 0 spiro atoms. The van der Waals surface area contributed by atoms with Crippen LogP contribution in [0, 0.1) is 19.3 Å². The summed E-state index contributed by atoms with van der Waals surface area (Å²) in [4.78, 5) is 0. The van der Waals surface area contributed by atoms with Crippen molar-refractivity contribution in [1.29, 1.82) is 5.41 Å². The van der Waals surface area contributed by atoms with E-state index >= 15 is 0 Å². The van der Waals surface area contributed by atoms with Gasteiger partial charge < -0.3 is 11.5 Å². The summed E-state index contributed by atoms with van der Waals surface area (Å²) >= 11 is 7.11. The lowest BCUT2D eigenvalue weighted by molar-refractivity contribution is 1.38. The quantitative estimate of drug-likeness (QED) is 0.436. The Labute approximate surface area is 176 Å². The highest BCUT2D eigenvalue weighted by atomic mass is 79.9. The fraction of sp³-hybridized carbons (Fsp3) is 0.136. The second-order valence-electron chi connectivity index (χ2n) is 6.78. The third-order valence-electron chi connectivity index (χ3n) is 4.76. The summed E-state index contributed by atoms with van der Waals surface area (Å²) in [5.41, 5.74) is 21.4. The van der Waals surface area contributed by atoms with E-state index in [2.05, 4.69) is 44.0 Å². The summed E-state index contributed by atoms with van der Waals surface area (Å²) in [7, 11) is 0. The van der Waals surface area contributed by atoms with E-state index in [1.807, 2.05) is 51.1 Å². The number of nitrogens with one attached hydrogen (secondary N) is 1. The molecule has 0 saturated heterocycles. The van der Waals surface area contributed by atoms with Gasteiger partial charge in [-0.25, -0.2) is 0 Å². The Morgan fingerprint density at radius 3 is 2.15 bits per heavy atom. The molecule has 3 nitrogen and oxygen atoms in total. The molecule has 2 aromatic carbocycles. The number of nitrogens with two attached hydrogens (primary N) is 2. The molecule has 0 amide bonds. The van der Waals surface area contributed by atoms with E-state index in [1.165, 1.54) is 0 Å². The van der Waals surface area contributed by atoms with Crippen LogP contribution >= 0.6 is 31.9 Å². The zero-order chi connectivity index (χ0) is 19.9. The van der Waals surface area contributed by atoms with Crippen LogP contribution in [-0.2, 0) is 0 Å². The highest BCUT2D eigenvalue weighted by molar-refractivity contribution is 9.12. The molecule has 0 bridgehead atoms. The number of aryl methyl sites for hydroxylation is 2. The summed E-state index contributed by atoms with van der Waals surface area (Å²) in [6.07, 6.45) is 4.05. The largest absolute Gasteiger partial charge is 0.399 e. The van der Waals surface area contributed by atoms with Crippen LogP contribution < -0.4 is 11.5 Å². The number of hydrogen-bond donors (Lipinski definition) is 3. The Balaban J connectivity index is 2.36. The zero-order valence-electron chi connectivity index (χ0n) is 15.5. The lowest BCUT2D eigenvalue weighted by Gasteiger charge is -2.19. The average Bonchev–Trinajstić information content (AvgIpc) is 2.60. The summed E-state index contributed by atoms with van der Waals surface area (Å²) in [5, 5.41) is 8.15. The van der Waals surface area contributed by atoms with Crippen molar-refractivity contribution in [3.8, 4) is 0 Å². The maximum absolute atomic E-state index is 8.15. The first-order valence-corrected chi connectivity index (χ1v) is 10.1. The van der Waals surface area contributed by atoms with Crippen molar-refractivity contribution in [1.82, 2.24) is 0 Å². The summed E-state index contributed by atoms with van der Waals surface area (Å²) in [6, 6.07) is 10.2. The molecule has 3 rings (SSSR count). The van der Waals surface area contributed by atoms with E-state index in [9.17, 15) is 0 Å². The molecule has 138 valence electrons. The molecule has 0 atom stereocenters. The molecule has 5 heteroatoms. The van der Waals surface area contributed by atoms with E-state index in [1.54, 1.807) is 0 Å². The van der Waals surface area contributed by atoms with Gasteiger partial charge in [0.05, 0.1) is 5.71 Å². The van der Waals surface area contributed by atoms with Gasteiger partial charge in [-0.3, -0.25) is 5.41 Å². The zero-order valence-corrected chi connectivity index (χ0v) is 18.6. The fourth-order valence-electron chi connectivity index (χ4n) is 3.12. The van der Waals surface area contributed by atoms with Crippen molar-refractivity contribution in [2.75, 3.05) is 11.5 Å². The Hall–Kier alpha value is -2.11. The maximum Gasteiger partial charge on any atom is 0.0711 e. The predicted molar refractivity (Wildman–Crippen MR) is 123 cm³/mol. The average molecular weight is 487 g/mol. The van der Waals surface area contributed by atoms with Gasteiger partial charge in [-0.15, -0.1) is 0 Å². The molecule has 0 radical (unpaired) electrons. The van der Waals surface area contributed by atoms with Crippen LogP contribution in [0.3, 0.4) is 0 Å². The molecular weight excluding hydrogens is 466 g/mol. The van der Waals surface area contributed by atoms with Gasteiger partial charge in [-0.05, 0) is 128 Å². The van der Waals surface area contributed by atoms with Crippen molar-refractivity contribution in [2.24, 2.45) is 0 Å². The molecule has 1 aliphatic rings. The Morgan fingerprint density at radius 2 is 1.56 bits per heavy atom. The number of hydrogen-bond acceptors (Lipinski definition) is 3. The van der Waals surface area contributed by atoms with Crippen LogP contribution in [0.1, 0.15) is 29.2 Å². The molecular formula is C22H21Br2N3. The van der Waals surface area contributed by atoms with Gasteiger partial charge in [0, 0.05) is 20.3 Å². The van der Waals surface area contributed by atoms with E-state index in [4.69, 9.17) is 16.9 Å². The van der Waals surface area contributed by atoms with Crippen molar-refractivity contribution < 1.29 is 0 Å². The number of allylic oxidation sites excluding steroid dienone is 5. The first-order valence-electron chi connectivity index (χ1n) is 8.50. The highest BCUT2D eigenvalue weighted by Crippen LogP contribution is 2.37. The molecule has 1 aliphatic carbocycles. The lowest BCUT2D eigenvalue weighted by Crippen LogP contribution is -2.06. The second kappa shape index (κ2) is 7.49. The van der Waals surface area contributed by atoms with Crippen LogP contribution in [0.2, 0.25) is 0 Å². The highest BCUT2D eigenvalue weighted by Gasteiger charge is 2.18. The molecule has 0 aromatic heterocycles. The Kier molecular flexibility index (Phi) is 5.45. The van der Waals surface area contributed by atoms with Gasteiger partial charge in [0.1, 0.15) is 0 Å². The first kappa shape index (κ1) is 19.6. The third-order valence-corrected chi connectivity index (χ3v) is 6.04. The third kappa shape index (κ3) is 3.80. The van der Waals surface area contributed by atoms with E-state index in [-0.39, 0.29) is 0 Å². The standard InChI is InChI=1S/C22H21Br2N3/c1-11-6-14(4-5-19(11)25)20(15-7-12(2)21(26)17(23)9-15)16-8-13(3)22(27)18(24)10-16/h4-10,26H,25,27H2,1-3H3. The number of anilines is 2. The minimum atomic E-state index is 0.501. The molecule has 0 saturated carbocycles. The summed E-state index contributed by atoms with van der Waals surface area (Å²) < 4.78 is 1.64. The molecule has 2 aromatic rings. The Bertz CT molecular complexity index is 1010. The minimum Gasteiger partial charge on any atom is -0.399 e. The number of nitrogen functional groups attached to an aromatic ring is 2. The van der Waals surface area contributed by atoms with Gasteiger partial charge in [0.2, 0.25) is 0 Å². The van der Waals surface area contributed by atoms with Gasteiger partial charge in [0.15, 0.2) is 0 Å². The molecule has 5 N–H and O–H groups in total. The SMILES string of the molecule is CC1=CC(=C(c2ccc(N)c(C)c2)c2cc(C)c(N)c(Br)c2)C=C(Br)C1=N. The van der Waals surface area contributed by atoms with Crippen LogP contribution in [0.15, 0.2) is 62.6 Å². The number of benzene rings is 2. The van der Waals surface area contributed by atoms with Gasteiger partial charge in [-0.1, -0.05) is 6.07 Å². The van der Waals surface area contributed by atoms with Gasteiger partial charge in [0.25, 0.3) is 0 Å². The van der Waals surface area contributed by atoms with Gasteiger partial charge >= 0.3 is 0 Å². The van der Waals surface area contributed by atoms with Crippen LogP contribution in [0.4, 0.5) is 11.4 Å². The smallest absolute Gasteiger partial charge is 0.0711 e. The van der Waals surface area contributed by atoms with Gasteiger partial charge in [-0.2, -0.15) is 0 Å². The summed E-state index contributed by atoms with van der Waals surface area (Å²) in [5.74, 6) is 0. The first-order chi connectivity index (χ1) is 12.7. The van der Waals surface area contributed by atoms with Crippen LogP contribution in [-0.4, -0.2) is 5.71 Å². The molecule has 0 fully saturated rings. The van der Waals surface area contributed by atoms with Crippen molar-refractivity contribution in [2.45, 2.75) is 20.8 Å². The van der Waals surface area contributed by atoms with E-state index < -0.39 is 0 Å². The Morgan fingerprint density at radius 1 is 0.889 bits per heavy atom. The lowest BCUT2D eigenvalue weighted by atomic mass is 9.87. The second-order valence-corrected chi connectivity index (χ2v) is 8.49. The van der Waals surface area contributed by atoms with Crippen molar-refractivity contribution >= 4 is 54.5 Å². The molecule has 0 unspecified atom stereocenters. The van der Waals surface area contributed by atoms with E-state index in [0.29, 0.717) is 5.71 Å². The van der Waals surface area contributed by atoms with Crippen molar-refractivity contribution in [3.63, 3.8) is 0 Å². The number of rotatable bonds is 2. The maximum atomic E-state index is 8.15. The van der Waals surface area contributed by atoms with Crippen LogP contribution in [0.5, 0.6) is 0 Å². The molecule has 0 heterocycles. The normalized spacial score (nSPS) is 16.1. The molecule has 0 aliphatic heterocycles. The minimum absolute atomic E-state index is 0.501. The monoisotopic (exact) mass is 485 g/mol. The van der Waals surface area contributed by atoms with Crippen LogP contribution in [0.25, 0.3) is 5.57 Å². The topological polar surface area (TPSA) is 75.9 Å². The molecule has 27 heavy (non-hydrogen) atoms.